The molecular formula is C76H46N6OS. The Hall–Kier alpha value is -11.1. The van der Waals surface area contributed by atoms with Crippen LogP contribution >= 0.6 is 11.3 Å². The maximum Gasteiger partial charge on any atom is 0.238 e. The van der Waals surface area contributed by atoms with Crippen molar-refractivity contribution in [1.29, 1.82) is 0 Å². The number of thiophene rings is 1. The van der Waals surface area contributed by atoms with Gasteiger partial charge in [-0.2, -0.15) is 4.98 Å². The molecule has 0 N–H and O–H groups in total. The lowest BCUT2D eigenvalue weighted by Gasteiger charge is -2.11. The van der Waals surface area contributed by atoms with Crippen molar-refractivity contribution in [3.05, 3.63) is 279 Å². The van der Waals surface area contributed by atoms with Crippen molar-refractivity contribution in [2.75, 3.05) is 0 Å². The maximum absolute atomic E-state index is 6.40. The summed E-state index contributed by atoms with van der Waals surface area (Å²) >= 11 is 1.73. The quantitative estimate of drug-likeness (QED) is 0.166. The van der Waals surface area contributed by atoms with Gasteiger partial charge in [0.15, 0.2) is 0 Å². The van der Waals surface area contributed by atoms with Crippen LogP contribution in [0.15, 0.2) is 283 Å². The fourth-order valence-corrected chi connectivity index (χ4v) is 13.6. The second-order valence-corrected chi connectivity index (χ2v) is 22.4. The predicted molar refractivity (Wildman–Crippen MR) is 350 cm³/mol. The van der Waals surface area contributed by atoms with Crippen molar-refractivity contribution in [3.8, 4) is 56.7 Å². The number of fused-ring (bicyclic) bond motifs is 14. The Bertz CT molecular complexity index is 5290. The third-order valence-corrected chi connectivity index (χ3v) is 17.5. The van der Waals surface area contributed by atoms with Gasteiger partial charge in [0.25, 0.3) is 0 Å². The molecule has 0 saturated heterocycles. The minimum absolute atomic E-state index is 0.577. The molecule has 6 heterocycles. The average molecular weight is 1090 g/mol. The Labute approximate surface area is 485 Å². The van der Waals surface area contributed by atoms with Crippen molar-refractivity contribution in [1.82, 2.24) is 29.1 Å². The van der Waals surface area contributed by atoms with Gasteiger partial charge in [-0.3, -0.25) is 9.13 Å². The Morgan fingerprint density at radius 1 is 0.286 bits per heavy atom. The highest BCUT2D eigenvalue weighted by Gasteiger charge is 2.24. The lowest BCUT2D eigenvalue weighted by Crippen LogP contribution is -2.03. The smallest absolute Gasteiger partial charge is 0.238 e. The molecule has 0 fully saturated rings. The van der Waals surface area contributed by atoms with E-state index in [1.54, 1.807) is 11.3 Å². The fraction of sp³-hybridized carbons (Fsp3) is 0. The van der Waals surface area contributed by atoms with Crippen LogP contribution < -0.4 is 0 Å². The highest BCUT2D eigenvalue weighted by Crippen LogP contribution is 2.43. The number of hydrogen-bond donors (Lipinski definition) is 0. The van der Waals surface area contributed by atoms with Crippen LogP contribution in [-0.4, -0.2) is 29.1 Å². The summed E-state index contributed by atoms with van der Waals surface area (Å²) in [6.45, 7) is 0. The van der Waals surface area contributed by atoms with Crippen molar-refractivity contribution in [2.45, 2.75) is 0 Å². The zero-order valence-electron chi connectivity index (χ0n) is 45.1. The molecule has 0 bridgehead atoms. The summed E-state index contributed by atoms with van der Waals surface area (Å²) in [4.78, 5) is 22.1. The highest BCUT2D eigenvalue weighted by atomic mass is 32.1. The molecule has 18 rings (SSSR count). The molecule has 0 spiro atoms. The summed E-state index contributed by atoms with van der Waals surface area (Å²) in [5.41, 5.74) is 14.3. The molecule has 0 aliphatic rings. The van der Waals surface area contributed by atoms with Crippen LogP contribution in [0.2, 0.25) is 0 Å². The van der Waals surface area contributed by atoms with Crippen LogP contribution in [0, 0.1) is 0 Å². The first-order valence-electron chi connectivity index (χ1n) is 28.2. The molecule has 0 saturated carbocycles. The summed E-state index contributed by atoms with van der Waals surface area (Å²) in [6.07, 6.45) is 0. The van der Waals surface area contributed by atoms with Gasteiger partial charge in [-0.25, -0.2) is 15.0 Å². The SMILES string of the molecule is c1ccc(-c2cccc(-c3nc(-n4c5ccccc5c5cc6ccccc6cc54)nc4oc5ccccc5c34)c2)cc1.c1ccc(-c2cccc(-c3nc(-n4c5ccccc5c5cc6ccccc6cc54)nc4sc5ccccc5c34)c2)cc1. The van der Waals surface area contributed by atoms with Gasteiger partial charge in [0.2, 0.25) is 17.6 Å². The summed E-state index contributed by atoms with van der Waals surface area (Å²) in [6, 6.07) is 98.1. The van der Waals surface area contributed by atoms with Crippen molar-refractivity contribution in [3.63, 3.8) is 0 Å². The van der Waals surface area contributed by atoms with E-state index in [-0.39, 0.29) is 0 Å². The molecule has 18 aromatic rings. The van der Waals surface area contributed by atoms with E-state index in [4.69, 9.17) is 24.4 Å². The molecule has 0 atom stereocenters. The van der Waals surface area contributed by atoms with Gasteiger partial charge in [0.05, 0.1) is 38.8 Å². The number of furan rings is 1. The number of nitrogens with zero attached hydrogens (tertiary/aromatic N) is 6. The first-order chi connectivity index (χ1) is 41.6. The van der Waals surface area contributed by atoms with Crippen LogP contribution in [0.5, 0.6) is 0 Å². The Morgan fingerprint density at radius 3 is 1.29 bits per heavy atom. The topological polar surface area (TPSA) is 74.6 Å². The molecule has 6 aromatic heterocycles. The van der Waals surface area contributed by atoms with Crippen molar-refractivity contribution < 1.29 is 4.42 Å². The zero-order chi connectivity index (χ0) is 55.2. The molecular weight excluding hydrogens is 1040 g/mol. The van der Waals surface area contributed by atoms with Gasteiger partial charge >= 0.3 is 0 Å². The van der Waals surface area contributed by atoms with E-state index in [9.17, 15) is 0 Å². The van der Waals surface area contributed by atoms with E-state index in [0.717, 1.165) is 82.3 Å². The van der Waals surface area contributed by atoms with Gasteiger partial charge in [0, 0.05) is 53.5 Å². The van der Waals surface area contributed by atoms with Crippen LogP contribution in [0.4, 0.5) is 0 Å². The summed E-state index contributed by atoms with van der Waals surface area (Å²) in [5.74, 6) is 1.28. The monoisotopic (exact) mass is 1090 g/mol. The Kier molecular flexibility index (Phi) is 11.0. The average Bonchev–Trinajstić information content (AvgIpc) is 2.38. The van der Waals surface area contributed by atoms with Gasteiger partial charge in [0.1, 0.15) is 10.4 Å². The highest BCUT2D eigenvalue weighted by molar-refractivity contribution is 7.25. The number of benzene rings is 12. The standard InChI is InChI=1S/C38H23N3O.C38H23N3S/c2*1-2-11-24(12-3-1)25-15-10-16-28(21-25)36-35-30-18-7-9-20-34(30)42-37(35)40-38(39-36)41-32-19-8-6-17-29(32)31-22-26-13-4-5-14-27(26)23-33(31)41/h2*1-23H. The first kappa shape index (κ1) is 47.7. The summed E-state index contributed by atoms with van der Waals surface area (Å²) in [7, 11) is 0. The number of rotatable bonds is 6. The largest absolute Gasteiger partial charge is 0.437 e. The maximum atomic E-state index is 6.40. The summed E-state index contributed by atoms with van der Waals surface area (Å²) < 4.78 is 12.0. The normalized spacial score (nSPS) is 11.8. The Balaban J connectivity index is 0.000000132. The first-order valence-corrected chi connectivity index (χ1v) is 29.0. The van der Waals surface area contributed by atoms with Crippen molar-refractivity contribution >= 4 is 119 Å². The third kappa shape index (κ3) is 7.80. The van der Waals surface area contributed by atoms with Crippen LogP contribution in [0.3, 0.4) is 0 Å². The summed E-state index contributed by atoms with van der Waals surface area (Å²) in [5, 5.41) is 13.8. The molecule has 392 valence electrons. The molecule has 0 amide bonds. The third-order valence-electron chi connectivity index (χ3n) is 16.4. The van der Waals surface area contributed by atoms with E-state index in [0.29, 0.717) is 17.6 Å². The van der Waals surface area contributed by atoms with Gasteiger partial charge in [-0.05, 0) is 104 Å². The number of hydrogen-bond acceptors (Lipinski definition) is 6. The van der Waals surface area contributed by atoms with Crippen LogP contribution in [0.1, 0.15) is 0 Å². The molecule has 0 aliphatic heterocycles. The van der Waals surface area contributed by atoms with Crippen LogP contribution in [0.25, 0.3) is 164 Å². The van der Waals surface area contributed by atoms with Crippen LogP contribution in [-0.2, 0) is 0 Å². The number of para-hydroxylation sites is 3. The molecule has 8 heteroatoms. The molecule has 84 heavy (non-hydrogen) atoms. The predicted octanol–water partition coefficient (Wildman–Crippen LogP) is 20.4. The van der Waals surface area contributed by atoms with E-state index in [1.807, 2.05) is 24.3 Å². The number of aromatic nitrogens is 6. The van der Waals surface area contributed by atoms with E-state index < -0.39 is 0 Å². The van der Waals surface area contributed by atoms with E-state index in [2.05, 4.69) is 264 Å². The molecule has 7 nitrogen and oxygen atoms in total. The Morgan fingerprint density at radius 2 is 0.714 bits per heavy atom. The van der Waals surface area contributed by atoms with Gasteiger partial charge in [-0.15, -0.1) is 11.3 Å². The second-order valence-electron chi connectivity index (χ2n) is 21.3. The van der Waals surface area contributed by atoms with E-state index in [1.165, 1.54) is 64.3 Å². The molecule has 0 unspecified atom stereocenters. The van der Waals surface area contributed by atoms with Crippen molar-refractivity contribution in [2.24, 2.45) is 0 Å². The zero-order valence-corrected chi connectivity index (χ0v) is 45.9. The molecule has 0 aliphatic carbocycles. The lowest BCUT2D eigenvalue weighted by atomic mass is 10.00. The van der Waals surface area contributed by atoms with E-state index >= 15 is 0 Å². The minimum atomic E-state index is 0.577. The molecule has 12 aromatic carbocycles. The minimum Gasteiger partial charge on any atom is -0.437 e. The second kappa shape index (κ2) is 19.3. The lowest BCUT2D eigenvalue weighted by molar-refractivity contribution is 0.651. The van der Waals surface area contributed by atoms with Gasteiger partial charge in [-0.1, -0.05) is 218 Å². The fourth-order valence-electron chi connectivity index (χ4n) is 12.5. The van der Waals surface area contributed by atoms with Gasteiger partial charge < -0.3 is 4.42 Å². The molecule has 0 radical (unpaired) electrons.